The second-order valence-corrected chi connectivity index (χ2v) is 11.1. The van der Waals surface area contributed by atoms with Crippen molar-refractivity contribution in [2.45, 2.75) is 6.16 Å². The molecule has 4 rings (SSSR count). The first-order chi connectivity index (χ1) is 14.6. The van der Waals surface area contributed by atoms with Gasteiger partial charge in [0.25, 0.3) is 0 Å². The van der Waals surface area contributed by atoms with Crippen LogP contribution in [0.1, 0.15) is 5.56 Å². The normalized spacial score (nSPS) is 11.4. The third kappa shape index (κ3) is 4.46. The van der Waals surface area contributed by atoms with Gasteiger partial charge in [-0.25, -0.2) is 0 Å². The van der Waals surface area contributed by atoms with E-state index in [1.807, 2.05) is 54.6 Å². The van der Waals surface area contributed by atoms with E-state index in [0.717, 1.165) is 0 Å². The predicted octanol–water partition coefficient (Wildman–Crippen LogP) is 4.95. The van der Waals surface area contributed by atoms with Gasteiger partial charge in [-0.3, -0.25) is 0 Å². The van der Waals surface area contributed by atoms with Crippen LogP contribution >= 0.6 is 19.7 Å². The van der Waals surface area contributed by atoms with Crippen molar-refractivity contribution in [1.29, 1.82) is 0 Å². The number of aromatic hydroxyl groups is 1. The molecule has 6 heteroatoms. The fraction of sp³-hybridized carbons (Fsp3) is 0.0400. The van der Waals surface area contributed by atoms with Crippen molar-refractivity contribution >= 4 is 41.3 Å². The molecule has 31 heavy (non-hydrogen) atoms. The Bertz CT molecular complexity index is 1060. The van der Waals surface area contributed by atoms with E-state index in [9.17, 15) is 15.2 Å². The number of nitrogens with zero attached hydrogens (tertiary/aromatic N) is 1. The molecule has 0 bridgehead atoms. The maximum atomic E-state index is 11.4. The van der Waals surface area contributed by atoms with Crippen LogP contribution in [0.25, 0.3) is 0 Å². The third-order valence-corrected chi connectivity index (χ3v) is 10.4. The minimum atomic E-state index is -2.64. The van der Waals surface area contributed by atoms with E-state index in [1.54, 1.807) is 0 Å². The fourth-order valence-corrected chi connectivity index (χ4v) is 8.84. The zero-order chi connectivity index (χ0) is 21.0. The van der Waals surface area contributed by atoms with Gasteiger partial charge in [0.2, 0.25) is 0 Å². The van der Waals surface area contributed by atoms with Gasteiger partial charge in [0, 0.05) is 0 Å². The SMILES string of the molecule is Cl.O=[N+]([O-])c1ccc(O)c(C[PH](c2ccccc2)(c2ccccc2)c2ccccc2)c1. The van der Waals surface area contributed by atoms with E-state index >= 15 is 0 Å². The van der Waals surface area contributed by atoms with Gasteiger partial charge in [-0.05, 0) is 0 Å². The van der Waals surface area contributed by atoms with Crippen molar-refractivity contribution in [1.82, 2.24) is 0 Å². The summed E-state index contributed by atoms with van der Waals surface area (Å²) in [6.07, 6.45) is 0.512. The summed E-state index contributed by atoms with van der Waals surface area (Å²) in [6.45, 7) is 0. The second kappa shape index (κ2) is 9.74. The van der Waals surface area contributed by atoms with Gasteiger partial charge in [-0.2, -0.15) is 0 Å². The number of nitro benzene ring substituents is 1. The van der Waals surface area contributed by atoms with Crippen LogP contribution in [-0.4, -0.2) is 10.0 Å². The van der Waals surface area contributed by atoms with Crippen molar-refractivity contribution in [2.24, 2.45) is 0 Å². The Hall–Kier alpha value is -3.20. The zero-order valence-electron chi connectivity index (χ0n) is 16.7. The molecule has 0 fully saturated rings. The first kappa shape index (κ1) is 22.5. The van der Waals surface area contributed by atoms with E-state index in [4.69, 9.17) is 0 Å². The van der Waals surface area contributed by atoms with Crippen molar-refractivity contribution in [3.05, 3.63) is 125 Å². The van der Waals surface area contributed by atoms with Crippen molar-refractivity contribution in [2.75, 3.05) is 0 Å². The van der Waals surface area contributed by atoms with Gasteiger partial charge >= 0.3 is 176 Å². The Kier molecular flexibility index (Phi) is 7.06. The van der Waals surface area contributed by atoms with Crippen LogP contribution in [0.3, 0.4) is 0 Å². The minimum absolute atomic E-state index is 0. The molecular weight excluding hydrogens is 429 g/mol. The fourth-order valence-electron chi connectivity index (χ4n) is 4.09. The van der Waals surface area contributed by atoms with Gasteiger partial charge in [0.05, 0.1) is 0 Å². The van der Waals surface area contributed by atoms with Crippen molar-refractivity contribution in [3.8, 4) is 5.75 Å². The van der Waals surface area contributed by atoms with Gasteiger partial charge < -0.3 is 0 Å². The van der Waals surface area contributed by atoms with E-state index in [0.29, 0.717) is 11.7 Å². The molecule has 0 saturated heterocycles. The molecule has 0 atom stereocenters. The molecule has 0 spiro atoms. The Morgan fingerprint density at radius 3 is 1.52 bits per heavy atom. The van der Waals surface area contributed by atoms with Crippen LogP contribution in [-0.2, 0) is 6.16 Å². The summed E-state index contributed by atoms with van der Waals surface area (Å²) >= 11 is 0. The molecule has 0 aliphatic carbocycles. The number of hydrogen-bond donors (Lipinski definition) is 1. The topological polar surface area (TPSA) is 63.4 Å². The Morgan fingerprint density at radius 1 is 0.710 bits per heavy atom. The van der Waals surface area contributed by atoms with Crippen LogP contribution < -0.4 is 15.9 Å². The van der Waals surface area contributed by atoms with Crippen LogP contribution in [0.15, 0.2) is 109 Å². The molecule has 0 aliphatic rings. The quantitative estimate of drug-likeness (QED) is 0.256. The molecule has 0 saturated carbocycles. The molecule has 1 N–H and O–H groups in total. The maximum absolute atomic E-state index is 11.4. The van der Waals surface area contributed by atoms with E-state index in [-0.39, 0.29) is 23.8 Å². The summed E-state index contributed by atoms with van der Waals surface area (Å²) in [6, 6.07) is 35.1. The molecule has 0 unspecified atom stereocenters. The summed E-state index contributed by atoms with van der Waals surface area (Å²) in [4.78, 5) is 11.0. The first-order valence-electron chi connectivity index (χ1n) is 9.74. The molecular formula is C25H23ClNO3P. The van der Waals surface area contributed by atoms with Crippen molar-refractivity contribution < 1.29 is 10.0 Å². The van der Waals surface area contributed by atoms with Gasteiger partial charge in [-0.15, -0.1) is 12.4 Å². The Balaban J connectivity index is 0.00000272. The molecule has 4 aromatic carbocycles. The molecule has 0 heterocycles. The number of non-ortho nitro benzene ring substituents is 1. The molecule has 0 radical (unpaired) electrons. The Labute approximate surface area is 188 Å². The monoisotopic (exact) mass is 451 g/mol. The number of hydrogen-bond acceptors (Lipinski definition) is 3. The number of halogens is 1. The molecule has 0 aliphatic heterocycles. The summed E-state index contributed by atoms with van der Waals surface area (Å²) in [7, 11) is -2.64. The summed E-state index contributed by atoms with van der Waals surface area (Å²) in [5.41, 5.74) is 0.576. The standard InChI is InChI=1S/C25H22NO3P.ClH/c27-25-17-16-21(26(28)29)18-20(25)19-30(22-10-4-1-5-11-22,23-12-6-2-7-13-23)24-14-8-3-9-15-24;/h1-18,27,30H,19H2;1H. The number of phenolic OH excluding ortho intramolecular Hbond substituents is 1. The van der Waals surface area contributed by atoms with E-state index in [1.165, 1.54) is 34.1 Å². The van der Waals surface area contributed by atoms with Crippen LogP contribution in [0.5, 0.6) is 5.75 Å². The molecule has 4 nitrogen and oxygen atoms in total. The number of phenols is 1. The second-order valence-electron chi connectivity index (χ2n) is 7.25. The average Bonchev–Trinajstić information content (AvgIpc) is 2.80. The summed E-state index contributed by atoms with van der Waals surface area (Å²) < 4.78 is 0. The number of rotatable bonds is 6. The average molecular weight is 452 g/mol. The van der Waals surface area contributed by atoms with E-state index in [2.05, 4.69) is 36.4 Å². The van der Waals surface area contributed by atoms with Gasteiger partial charge in [-0.1, -0.05) is 0 Å². The van der Waals surface area contributed by atoms with Crippen LogP contribution in [0.4, 0.5) is 5.69 Å². The van der Waals surface area contributed by atoms with Gasteiger partial charge in [0.1, 0.15) is 0 Å². The third-order valence-electron chi connectivity index (χ3n) is 5.53. The van der Waals surface area contributed by atoms with Crippen LogP contribution in [0, 0.1) is 10.1 Å². The predicted molar refractivity (Wildman–Crippen MR) is 132 cm³/mol. The van der Waals surface area contributed by atoms with E-state index < -0.39 is 12.2 Å². The number of benzene rings is 4. The molecule has 0 aromatic heterocycles. The van der Waals surface area contributed by atoms with Crippen molar-refractivity contribution in [3.63, 3.8) is 0 Å². The summed E-state index contributed by atoms with van der Waals surface area (Å²) in [5.74, 6) is 0.0836. The molecule has 158 valence electrons. The summed E-state index contributed by atoms with van der Waals surface area (Å²) in [5, 5.41) is 25.6. The first-order valence-corrected chi connectivity index (χ1v) is 11.9. The molecule has 4 aromatic rings. The Morgan fingerprint density at radius 2 is 1.13 bits per heavy atom. The number of nitro groups is 1. The molecule has 0 amide bonds. The van der Waals surface area contributed by atoms with Gasteiger partial charge in [0.15, 0.2) is 0 Å². The zero-order valence-corrected chi connectivity index (χ0v) is 18.5. The van der Waals surface area contributed by atoms with Crippen LogP contribution in [0.2, 0.25) is 0 Å².